The van der Waals surface area contributed by atoms with Gasteiger partial charge in [-0.1, -0.05) is 261 Å². The minimum atomic E-state index is -4.70. The van der Waals surface area contributed by atoms with E-state index in [1.807, 2.05) is 39.4 Å². The number of phosphoric ester groups is 1. The standard InChI is InChI=1S/C66H121N2O7P/c1-7-10-13-16-19-22-25-28-29-30-31-32-33-34-35-36-37-38-39-41-44-47-50-53-56-59-66(70)75-64(57-54-51-48-45-42-27-24-21-18-15-12-9-3)63(62-74-76(71,72)73-61-60-68(4,5)6)67-65(69)58-55-52-49-46-43-40-26-23-20-17-14-11-8-2/h11,14,17,19-20,22-23,26,28-29,54,57,63-64H,7-10,12-13,15-16,18,21,24-25,27,30-53,55-56,58-62H2,1-6H3,(H-,67,69,71,72)/b14-11+,20-17+,22-19-,26-23-,29-28-,57-54-. The lowest BCUT2D eigenvalue weighted by Gasteiger charge is -2.30. The highest BCUT2D eigenvalue weighted by Gasteiger charge is 2.27. The number of hydrogen-bond acceptors (Lipinski definition) is 7. The largest absolute Gasteiger partial charge is 0.756 e. The second-order valence-electron chi connectivity index (χ2n) is 22.6. The molecule has 0 aliphatic heterocycles. The Morgan fingerprint density at radius 1 is 0.487 bits per heavy atom. The Bertz CT molecular complexity index is 1530. The number of esters is 1. The highest BCUT2D eigenvalue weighted by Crippen LogP contribution is 2.38. The zero-order valence-corrected chi connectivity index (χ0v) is 51.3. The fourth-order valence-electron chi connectivity index (χ4n) is 9.02. The number of quaternary nitrogens is 1. The minimum absolute atomic E-state index is 0.0281. The fraction of sp³-hybridized carbons (Fsp3) is 0.788. The van der Waals surface area contributed by atoms with Crippen LogP contribution >= 0.6 is 7.82 Å². The van der Waals surface area contributed by atoms with Gasteiger partial charge in [-0.25, -0.2) is 0 Å². The Labute approximate surface area is 470 Å². The molecule has 0 spiro atoms. The molecule has 0 fully saturated rings. The van der Waals surface area contributed by atoms with Crippen LogP contribution in [0.4, 0.5) is 0 Å². The molecule has 1 N–H and O–H groups in total. The summed E-state index contributed by atoms with van der Waals surface area (Å²) in [6.45, 7) is 6.68. The van der Waals surface area contributed by atoms with E-state index in [0.29, 0.717) is 23.9 Å². The van der Waals surface area contributed by atoms with Crippen molar-refractivity contribution in [2.24, 2.45) is 0 Å². The number of amides is 1. The van der Waals surface area contributed by atoms with Gasteiger partial charge in [0.05, 0.1) is 33.8 Å². The minimum Gasteiger partial charge on any atom is -0.756 e. The molecule has 442 valence electrons. The molecule has 0 heterocycles. The van der Waals surface area contributed by atoms with Crippen molar-refractivity contribution in [3.05, 3.63) is 72.9 Å². The third-order valence-electron chi connectivity index (χ3n) is 13.9. The van der Waals surface area contributed by atoms with Gasteiger partial charge in [0.1, 0.15) is 19.3 Å². The molecule has 0 saturated carbocycles. The van der Waals surface area contributed by atoms with Crippen LogP contribution in [-0.4, -0.2) is 69.4 Å². The molecule has 0 aromatic rings. The molecule has 3 unspecified atom stereocenters. The van der Waals surface area contributed by atoms with Crippen LogP contribution in [-0.2, 0) is 27.9 Å². The van der Waals surface area contributed by atoms with Crippen molar-refractivity contribution in [1.29, 1.82) is 0 Å². The van der Waals surface area contributed by atoms with Gasteiger partial charge in [-0.15, -0.1) is 0 Å². The lowest BCUT2D eigenvalue weighted by atomic mass is 10.0. The number of ether oxygens (including phenoxy) is 1. The number of nitrogens with zero attached hydrogens (tertiary/aromatic N) is 1. The summed E-state index contributed by atoms with van der Waals surface area (Å²) < 4.78 is 30.3. The normalized spacial score (nSPS) is 14.1. The number of nitrogens with one attached hydrogen (secondary N) is 1. The number of carbonyl (C=O) groups excluding carboxylic acids is 2. The SMILES string of the molecule is CC/C=C/C=C/C=C\CCCCCCCC(=O)NC(COP(=O)([O-])OCC[N+](C)(C)C)C(/C=C\CCCCCCCCCCCC)OC(=O)CCCCCCCCCCCCCCCCC/C=C\C/C=C\CCCCC. The predicted molar refractivity (Wildman–Crippen MR) is 325 cm³/mol. The molecular formula is C66H121N2O7P. The molecule has 0 aromatic carbocycles. The lowest BCUT2D eigenvalue weighted by molar-refractivity contribution is -0.870. The van der Waals surface area contributed by atoms with Crippen LogP contribution in [0.1, 0.15) is 284 Å². The highest BCUT2D eigenvalue weighted by molar-refractivity contribution is 7.45. The number of phosphoric acid groups is 1. The van der Waals surface area contributed by atoms with Gasteiger partial charge in [0, 0.05) is 12.8 Å². The van der Waals surface area contributed by atoms with E-state index in [9.17, 15) is 19.0 Å². The van der Waals surface area contributed by atoms with Crippen molar-refractivity contribution in [3.8, 4) is 0 Å². The first-order valence-corrected chi connectivity index (χ1v) is 33.2. The molecule has 0 aliphatic rings. The molecular weight excluding hydrogens is 964 g/mol. The Balaban J connectivity index is 5.09. The van der Waals surface area contributed by atoms with Gasteiger partial charge in [0.2, 0.25) is 5.91 Å². The van der Waals surface area contributed by atoms with Crippen LogP contribution in [0.5, 0.6) is 0 Å². The summed E-state index contributed by atoms with van der Waals surface area (Å²) in [5.74, 6) is -0.561. The summed E-state index contributed by atoms with van der Waals surface area (Å²) >= 11 is 0. The summed E-state index contributed by atoms with van der Waals surface area (Å²) in [5, 5.41) is 3.01. The summed E-state index contributed by atoms with van der Waals surface area (Å²) in [6.07, 6.45) is 71.7. The number of allylic oxidation sites excluding steroid dienone is 11. The Morgan fingerprint density at radius 2 is 0.895 bits per heavy atom. The van der Waals surface area contributed by atoms with Crippen molar-refractivity contribution in [2.45, 2.75) is 296 Å². The number of hydrogen-bond donors (Lipinski definition) is 1. The zero-order chi connectivity index (χ0) is 55.7. The third kappa shape index (κ3) is 56.2. The third-order valence-corrected chi connectivity index (χ3v) is 14.9. The molecule has 3 atom stereocenters. The average Bonchev–Trinajstić information content (AvgIpc) is 3.38. The molecule has 76 heavy (non-hydrogen) atoms. The number of likely N-dealkylation sites (N-methyl/N-ethyl adjacent to an activating group) is 1. The molecule has 1 amide bonds. The van der Waals surface area contributed by atoms with Crippen LogP contribution in [0, 0.1) is 0 Å². The second-order valence-corrected chi connectivity index (χ2v) is 24.0. The van der Waals surface area contributed by atoms with Crippen LogP contribution in [0.3, 0.4) is 0 Å². The van der Waals surface area contributed by atoms with E-state index >= 15 is 0 Å². The van der Waals surface area contributed by atoms with Gasteiger partial charge in [-0.3, -0.25) is 14.2 Å². The first kappa shape index (κ1) is 73.5. The lowest BCUT2D eigenvalue weighted by Crippen LogP contribution is -2.47. The Kier molecular flexibility index (Phi) is 53.9. The molecule has 0 radical (unpaired) electrons. The van der Waals surface area contributed by atoms with E-state index < -0.39 is 26.6 Å². The van der Waals surface area contributed by atoms with E-state index in [1.54, 1.807) is 0 Å². The first-order chi connectivity index (χ1) is 36.9. The van der Waals surface area contributed by atoms with Gasteiger partial charge in [-0.05, 0) is 83.1 Å². The van der Waals surface area contributed by atoms with Crippen molar-refractivity contribution in [2.75, 3.05) is 40.9 Å². The van der Waals surface area contributed by atoms with E-state index in [2.05, 4.69) is 80.8 Å². The quantitative estimate of drug-likeness (QED) is 0.0161. The monoisotopic (exact) mass is 1080 g/mol. The van der Waals surface area contributed by atoms with Crippen molar-refractivity contribution >= 4 is 19.7 Å². The fourth-order valence-corrected chi connectivity index (χ4v) is 9.75. The molecule has 0 saturated heterocycles. The highest BCUT2D eigenvalue weighted by atomic mass is 31.2. The predicted octanol–water partition coefficient (Wildman–Crippen LogP) is 19.0. The van der Waals surface area contributed by atoms with Gasteiger partial charge in [0.25, 0.3) is 7.82 Å². The van der Waals surface area contributed by atoms with Crippen molar-refractivity contribution in [3.63, 3.8) is 0 Å². The average molecular weight is 1090 g/mol. The molecule has 9 nitrogen and oxygen atoms in total. The molecule has 0 aromatic heterocycles. The van der Waals surface area contributed by atoms with E-state index in [4.69, 9.17) is 13.8 Å². The van der Waals surface area contributed by atoms with Crippen LogP contribution in [0.2, 0.25) is 0 Å². The van der Waals surface area contributed by atoms with E-state index in [1.165, 1.54) is 161 Å². The maximum Gasteiger partial charge on any atom is 0.306 e. The number of unbranched alkanes of at least 4 members (excludes halogenated alkanes) is 33. The van der Waals surface area contributed by atoms with Gasteiger partial charge < -0.3 is 28.5 Å². The maximum absolute atomic E-state index is 13.5. The van der Waals surface area contributed by atoms with Crippen LogP contribution < -0.4 is 10.2 Å². The van der Waals surface area contributed by atoms with Gasteiger partial charge >= 0.3 is 5.97 Å². The second kappa shape index (κ2) is 55.8. The summed E-state index contributed by atoms with van der Waals surface area (Å²) in [6, 6.07) is -0.900. The molecule has 0 bridgehead atoms. The number of rotatable bonds is 57. The summed E-state index contributed by atoms with van der Waals surface area (Å²) in [7, 11) is 1.17. The van der Waals surface area contributed by atoms with Crippen LogP contribution in [0.25, 0.3) is 0 Å². The molecule has 0 aliphatic carbocycles. The van der Waals surface area contributed by atoms with E-state index in [-0.39, 0.29) is 24.9 Å². The van der Waals surface area contributed by atoms with Crippen LogP contribution in [0.15, 0.2) is 72.9 Å². The van der Waals surface area contributed by atoms with Crippen molar-refractivity contribution in [1.82, 2.24) is 5.32 Å². The Hall–Kier alpha value is -2.55. The molecule has 0 rings (SSSR count). The smallest absolute Gasteiger partial charge is 0.306 e. The topological polar surface area (TPSA) is 114 Å². The zero-order valence-electron chi connectivity index (χ0n) is 50.4. The Morgan fingerprint density at radius 3 is 1.38 bits per heavy atom. The first-order valence-electron chi connectivity index (χ1n) is 31.8. The van der Waals surface area contributed by atoms with Crippen molar-refractivity contribution < 1.29 is 37.3 Å². The summed E-state index contributed by atoms with van der Waals surface area (Å²) in [5.41, 5.74) is 0. The molecule has 10 heteroatoms. The van der Waals surface area contributed by atoms with E-state index in [0.717, 1.165) is 83.5 Å². The summed E-state index contributed by atoms with van der Waals surface area (Å²) in [4.78, 5) is 39.9. The number of carbonyl (C=O) groups is 2. The maximum atomic E-state index is 13.5. The van der Waals surface area contributed by atoms with Gasteiger partial charge in [-0.2, -0.15) is 0 Å². The van der Waals surface area contributed by atoms with Gasteiger partial charge in [0.15, 0.2) is 0 Å².